The molecule has 0 radical (unpaired) electrons. The number of hydrogen-bond donors (Lipinski definition) is 0. The predicted octanol–water partition coefficient (Wildman–Crippen LogP) is 3.46. The van der Waals surface area contributed by atoms with Gasteiger partial charge in [-0.3, -0.25) is 0 Å². The fourth-order valence-corrected chi connectivity index (χ4v) is 4.22. The van der Waals surface area contributed by atoms with Crippen molar-refractivity contribution in [3.8, 4) is 5.75 Å². The first-order chi connectivity index (χ1) is 9.24. The van der Waals surface area contributed by atoms with Crippen molar-refractivity contribution in [1.29, 1.82) is 0 Å². The van der Waals surface area contributed by atoms with Gasteiger partial charge in [0.1, 0.15) is 5.75 Å². The number of benzene rings is 1. The van der Waals surface area contributed by atoms with Crippen LogP contribution in [0.2, 0.25) is 0 Å². The minimum atomic E-state index is 0.416. The first kappa shape index (κ1) is 13.0. The van der Waals surface area contributed by atoms with Crippen LogP contribution in [-0.4, -0.2) is 32.1 Å². The van der Waals surface area contributed by atoms with E-state index in [9.17, 15) is 0 Å². The van der Waals surface area contributed by atoms with Gasteiger partial charge in [-0.15, -0.1) is 0 Å². The third kappa shape index (κ3) is 2.27. The number of ether oxygens (including phenoxy) is 1. The monoisotopic (exact) mass is 259 g/mol. The van der Waals surface area contributed by atoms with Gasteiger partial charge in [0.15, 0.2) is 0 Å². The smallest absolute Gasteiger partial charge is 0.119 e. The molecule has 2 fully saturated rings. The van der Waals surface area contributed by atoms with Gasteiger partial charge in [0.05, 0.1) is 7.11 Å². The van der Waals surface area contributed by atoms with Crippen LogP contribution in [0.4, 0.5) is 0 Å². The lowest BCUT2D eigenvalue weighted by atomic mass is 9.59. The standard InChI is InChI=1S/C17H25NO/c1-18-11-10-17(9-4-3-6-15(17)13-18)14-7-5-8-16(12-14)19-2/h5,7-8,12,15H,3-4,6,9-11,13H2,1-2H3. The number of likely N-dealkylation sites (tertiary alicyclic amines) is 1. The van der Waals surface area contributed by atoms with E-state index in [1.807, 2.05) is 0 Å². The first-order valence-corrected chi connectivity index (χ1v) is 7.58. The van der Waals surface area contributed by atoms with E-state index in [2.05, 4.69) is 36.2 Å². The SMILES string of the molecule is COc1cccc(C23CCCCC2CN(C)CC3)c1. The van der Waals surface area contributed by atoms with Crippen LogP contribution in [0.1, 0.15) is 37.7 Å². The highest BCUT2D eigenvalue weighted by atomic mass is 16.5. The zero-order valence-electron chi connectivity index (χ0n) is 12.2. The van der Waals surface area contributed by atoms with Crippen molar-refractivity contribution in [2.24, 2.45) is 5.92 Å². The number of fused-ring (bicyclic) bond motifs is 1. The van der Waals surface area contributed by atoms with E-state index in [1.165, 1.54) is 50.8 Å². The largest absolute Gasteiger partial charge is 0.497 e. The average Bonchev–Trinajstić information content (AvgIpc) is 2.47. The summed E-state index contributed by atoms with van der Waals surface area (Å²) in [5, 5.41) is 0. The molecule has 1 aromatic rings. The molecule has 2 atom stereocenters. The first-order valence-electron chi connectivity index (χ1n) is 7.58. The highest BCUT2D eigenvalue weighted by Gasteiger charge is 2.44. The van der Waals surface area contributed by atoms with Crippen LogP contribution in [0.5, 0.6) is 5.75 Å². The fraction of sp³-hybridized carbons (Fsp3) is 0.647. The molecule has 1 heterocycles. The van der Waals surface area contributed by atoms with Crippen LogP contribution < -0.4 is 4.74 Å². The zero-order chi connectivity index (χ0) is 13.3. The molecular formula is C17H25NO. The van der Waals surface area contributed by atoms with E-state index >= 15 is 0 Å². The Bertz CT molecular complexity index is 445. The summed E-state index contributed by atoms with van der Waals surface area (Å²) in [6.45, 7) is 2.49. The minimum absolute atomic E-state index is 0.416. The van der Waals surface area contributed by atoms with Gasteiger partial charge in [-0.05, 0) is 56.5 Å². The van der Waals surface area contributed by atoms with Crippen molar-refractivity contribution in [1.82, 2.24) is 4.90 Å². The van der Waals surface area contributed by atoms with Gasteiger partial charge >= 0.3 is 0 Å². The van der Waals surface area contributed by atoms with Gasteiger partial charge < -0.3 is 9.64 Å². The van der Waals surface area contributed by atoms with E-state index in [1.54, 1.807) is 7.11 Å². The molecule has 0 bridgehead atoms. The fourth-order valence-electron chi connectivity index (χ4n) is 4.22. The van der Waals surface area contributed by atoms with Crippen molar-refractivity contribution in [2.75, 3.05) is 27.2 Å². The van der Waals surface area contributed by atoms with Crippen molar-refractivity contribution in [2.45, 2.75) is 37.5 Å². The van der Waals surface area contributed by atoms with Gasteiger partial charge in [0, 0.05) is 12.0 Å². The average molecular weight is 259 g/mol. The molecule has 104 valence electrons. The van der Waals surface area contributed by atoms with Crippen molar-refractivity contribution in [3.63, 3.8) is 0 Å². The number of nitrogens with zero attached hydrogens (tertiary/aromatic N) is 1. The summed E-state index contributed by atoms with van der Waals surface area (Å²) >= 11 is 0. The van der Waals surface area contributed by atoms with Crippen LogP contribution in [0.15, 0.2) is 24.3 Å². The van der Waals surface area contributed by atoms with Crippen LogP contribution >= 0.6 is 0 Å². The van der Waals surface area contributed by atoms with Crippen molar-refractivity contribution in [3.05, 3.63) is 29.8 Å². The van der Waals surface area contributed by atoms with E-state index in [4.69, 9.17) is 4.74 Å². The molecule has 0 amide bonds. The van der Waals surface area contributed by atoms with Crippen LogP contribution in [0.3, 0.4) is 0 Å². The summed E-state index contributed by atoms with van der Waals surface area (Å²) in [6, 6.07) is 8.83. The molecule has 0 spiro atoms. The molecule has 0 N–H and O–H groups in total. The summed E-state index contributed by atoms with van der Waals surface area (Å²) in [5.41, 5.74) is 1.93. The summed E-state index contributed by atoms with van der Waals surface area (Å²) in [6.07, 6.45) is 6.85. The summed E-state index contributed by atoms with van der Waals surface area (Å²) in [7, 11) is 4.04. The van der Waals surface area contributed by atoms with Gasteiger partial charge in [-0.1, -0.05) is 25.0 Å². The Balaban J connectivity index is 1.97. The molecule has 3 rings (SSSR count). The molecule has 19 heavy (non-hydrogen) atoms. The second kappa shape index (κ2) is 5.16. The van der Waals surface area contributed by atoms with E-state index in [0.717, 1.165) is 11.7 Å². The van der Waals surface area contributed by atoms with Gasteiger partial charge in [-0.2, -0.15) is 0 Å². The topological polar surface area (TPSA) is 12.5 Å². The third-order valence-electron chi connectivity index (χ3n) is 5.32. The van der Waals surface area contributed by atoms with Gasteiger partial charge in [-0.25, -0.2) is 0 Å². The summed E-state index contributed by atoms with van der Waals surface area (Å²) < 4.78 is 5.43. The molecule has 2 nitrogen and oxygen atoms in total. The predicted molar refractivity (Wildman–Crippen MR) is 78.7 cm³/mol. The molecule has 2 heteroatoms. The number of piperidine rings is 1. The Hall–Kier alpha value is -1.02. The molecule has 1 saturated heterocycles. The highest BCUT2D eigenvalue weighted by molar-refractivity contribution is 5.35. The van der Waals surface area contributed by atoms with Crippen molar-refractivity contribution < 1.29 is 4.74 Å². The van der Waals surface area contributed by atoms with Gasteiger partial charge in [0.25, 0.3) is 0 Å². The Morgan fingerprint density at radius 1 is 1.26 bits per heavy atom. The second-order valence-electron chi connectivity index (χ2n) is 6.34. The maximum Gasteiger partial charge on any atom is 0.119 e. The van der Waals surface area contributed by atoms with Crippen LogP contribution in [0.25, 0.3) is 0 Å². The Labute approximate surface area is 116 Å². The Morgan fingerprint density at radius 2 is 2.16 bits per heavy atom. The molecule has 2 unspecified atom stereocenters. The summed E-state index contributed by atoms with van der Waals surface area (Å²) in [4.78, 5) is 2.51. The molecule has 0 aromatic heterocycles. The Kier molecular flexibility index (Phi) is 3.53. The lowest BCUT2D eigenvalue weighted by Gasteiger charge is -2.50. The Morgan fingerprint density at radius 3 is 3.00 bits per heavy atom. The number of hydrogen-bond acceptors (Lipinski definition) is 2. The minimum Gasteiger partial charge on any atom is -0.497 e. The third-order valence-corrected chi connectivity index (χ3v) is 5.32. The molecular weight excluding hydrogens is 234 g/mol. The number of methoxy groups -OCH3 is 1. The molecule has 1 aromatic carbocycles. The quantitative estimate of drug-likeness (QED) is 0.806. The molecule has 1 saturated carbocycles. The van der Waals surface area contributed by atoms with E-state index in [-0.39, 0.29) is 0 Å². The second-order valence-corrected chi connectivity index (χ2v) is 6.34. The lowest BCUT2D eigenvalue weighted by molar-refractivity contribution is 0.0706. The lowest BCUT2D eigenvalue weighted by Crippen LogP contribution is -2.50. The van der Waals surface area contributed by atoms with E-state index in [0.29, 0.717) is 5.41 Å². The van der Waals surface area contributed by atoms with Gasteiger partial charge in [0.2, 0.25) is 0 Å². The van der Waals surface area contributed by atoms with Crippen LogP contribution in [0, 0.1) is 5.92 Å². The highest BCUT2D eigenvalue weighted by Crippen LogP contribution is 2.49. The van der Waals surface area contributed by atoms with E-state index < -0.39 is 0 Å². The number of rotatable bonds is 2. The maximum atomic E-state index is 5.43. The van der Waals surface area contributed by atoms with Crippen LogP contribution in [-0.2, 0) is 5.41 Å². The zero-order valence-corrected chi connectivity index (χ0v) is 12.2. The molecule has 1 aliphatic heterocycles. The maximum absolute atomic E-state index is 5.43. The van der Waals surface area contributed by atoms with Crippen molar-refractivity contribution >= 4 is 0 Å². The normalized spacial score (nSPS) is 31.8. The summed E-state index contributed by atoms with van der Waals surface area (Å²) in [5.74, 6) is 1.84. The molecule has 1 aliphatic carbocycles. The molecule has 2 aliphatic rings.